The first-order valence-corrected chi connectivity index (χ1v) is 8.09. The first-order valence-electron chi connectivity index (χ1n) is 6.96. The Morgan fingerprint density at radius 2 is 1.26 bits per heavy atom. The summed E-state index contributed by atoms with van der Waals surface area (Å²) in [5.74, 6) is -2.90. The maximum Gasteiger partial charge on any atom is 0.335 e. The molecule has 0 bridgehead atoms. The van der Waals surface area contributed by atoms with E-state index in [1.165, 1.54) is 6.07 Å². The molecular weight excluding hydrogens is 427 g/mol. The van der Waals surface area contributed by atoms with Crippen LogP contribution >= 0.6 is 34.8 Å². The van der Waals surface area contributed by atoms with Gasteiger partial charge in [-0.2, -0.15) is 0 Å². The number of benzene rings is 2. The van der Waals surface area contributed by atoms with Crippen LogP contribution in [0.3, 0.4) is 0 Å². The summed E-state index contributed by atoms with van der Waals surface area (Å²) in [6.45, 7) is 0. The Kier molecular flexibility index (Phi) is 8.61. The summed E-state index contributed by atoms with van der Waals surface area (Å²) >= 11 is 17.4. The Morgan fingerprint density at radius 3 is 1.67 bits per heavy atom. The van der Waals surface area contributed by atoms with Gasteiger partial charge in [0.25, 0.3) is 0 Å². The van der Waals surface area contributed by atoms with Crippen LogP contribution in [0.1, 0.15) is 0 Å². The van der Waals surface area contributed by atoms with E-state index in [1.54, 1.807) is 30.3 Å². The number of carbonyl (C=O) groups is 2. The summed E-state index contributed by atoms with van der Waals surface area (Å²) in [4.78, 5) is 19.5. The summed E-state index contributed by atoms with van der Waals surface area (Å²) in [5.41, 5.74) is 0. The monoisotopic (exact) mass is 438 g/mol. The Bertz CT molecular complexity index is 760. The second-order valence-corrected chi connectivity index (χ2v) is 6.14. The average Bonchev–Trinajstić information content (AvgIpc) is 2.58. The Morgan fingerprint density at radius 1 is 0.815 bits per heavy atom. The molecule has 11 heteroatoms. The molecule has 0 saturated carbocycles. The van der Waals surface area contributed by atoms with Crippen LogP contribution in [0.15, 0.2) is 36.4 Å². The fraction of sp³-hybridized carbons (Fsp3) is 0.125. The summed E-state index contributed by atoms with van der Waals surface area (Å²) in [5, 5.41) is 43.5. The molecule has 2 atom stereocenters. The maximum absolute atomic E-state index is 9.77. The van der Waals surface area contributed by atoms with Crippen molar-refractivity contribution in [3.05, 3.63) is 51.5 Å². The van der Waals surface area contributed by atoms with Gasteiger partial charge < -0.3 is 30.3 Å². The zero-order valence-corrected chi connectivity index (χ0v) is 15.5. The van der Waals surface area contributed by atoms with E-state index in [-0.39, 0.29) is 11.5 Å². The quantitative estimate of drug-likeness (QED) is 0.478. The molecule has 0 radical (unpaired) electrons. The lowest BCUT2D eigenvalue weighted by Crippen LogP contribution is -2.39. The molecule has 27 heavy (non-hydrogen) atoms. The third kappa shape index (κ3) is 7.12. The predicted molar refractivity (Wildman–Crippen MR) is 96.9 cm³/mol. The second kappa shape index (κ2) is 10.2. The number of hydrogen-bond acceptors (Lipinski definition) is 6. The molecule has 2 rings (SSSR count). The lowest BCUT2D eigenvalue weighted by molar-refractivity contribution is -0.165. The third-order valence-corrected chi connectivity index (χ3v) is 3.61. The first-order chi connectivity index (χ1) is 12.5. The number of hydrogen-bond donors (Lipinski definition) is 5. The van der Waals surface area contributed by atoms with Gasteiger partial charge in [0.2, 0.25) is 0 Å². The van der Waals surface area contributed by atoms with E-state index in [4.69, 9.17) is 60.0 Å². The van der Waals surface area contributed by atoms with Crippen molar-refractivity contribution in [1.82, 2.24) is 0 Å². The standard InChI is InChI=1S/C12H7Cl3O2.C4H6O6/c13-7-1-3-11(9(15)5-7)17-12-4-2-8(14)6-10(12)16;5-1(3(7)8)2(6)4(9)10/h1-6,16H;1-2,5-6H,(H,7,8)(H,9,10). The SMILES string of the molecule is O=C(O)C(O)C(O)C(=O)O.Oc1cc(Cl)ccc1Oc1ccc(Cl)cc1Cl. The number of carboxylic acid groups (broad SMARTS) is 2. The number of aromatic hydroxyl groups is 1. The normalized spacial score (nSPS) is 12.3. The number of rotatable bonds is 5. The Hall–Kier alpha value is -2.23. The van der Waals surface area contributed by atoms with Crippen LogP contribution in [0.4, 0.5) is 0 Å². The topological polar surface area (TPSA) is 145 Å². The maximum atomic E-state index is 9.77. The van der Waals surface area contributed by atoms with E-state index in [2.05, 4.69) is 0 Å². The number of halogens is 3. The van der Waals surface area contributed by atoms with Gasteiger partial charge in [-0.25, -0.2) is 9.59 Å². The summed E-state index contributed by atoms with van der Waals surface area (Å²) in [6.07, 6.45) is -4.53. The van der Waals surface area contributed by atoms with Gasteiger partial charge in [-0.1, -0.05) is 34.8 Å². The highest BCUT2D eigenvalue weighted by molar-refractivity contribution is 6.35. The Balaban J connectivity index is 0.000000314. The molecule has 5 N–H and O–H groups in total. The number of carboxylic acids is 2. The molecule has 146 valence electrons. The number of aliphatic carboxylic acids is 2. The minimum atomic E-state index is -2.27. The molecule has 8 nitrogen and oxygen atoms in total. The van der Waals surface area contributed by atoms with Crippen LogP contribution in [0.2, 0.25) is 15.1 Å². The van der Waals surface area contributed by atoms with Crippen molar-refractivity contribution < 1.29 is 39.9 Å². The lowest BCUT2D eigenvalue weighted by atomic mass is 10.2. The van der Waals surface area contributed by atoms with Crippen molar-refractivity contribution in [2.45, 2.75) is 12.2 Å². The van der Waals surface area contributed by atoms with Crippen molar-refractivity contribution in [3.8, 4) is 17.2 Å². The van der Waals surface area contributed by atoms with Crippen LogP contribution in [-0.2, 0) is 9.59 Å². The molecule has 2 unspecified atom stereocenters. The van der Waals surface area contributed by atoms with Crippen molar-refractivity contribution in [3.63, 3.8) is 0 Å². The third-order valence-electron chi connectivity index (χ3n) is 2.84. The number of phenolic OH excluding ortho intramolecular Hbond substituents is 1. The average molecular weight is 440 g/mol. The van der Waals surface area contributed by atoms with E-state index in [0.717, 1.165) is 0 Å². The van der Waals surface area contributed by atoms with Gasteiger partial charge in [0, 0.05) is 16.1 Å². The Labute approximate surface area is 167 Å². The molecule has 0 aliphatic rings. The zero-order chi connectivity index (χ0) is 20.7. The molecule has 0 heterocycles. The molecule has 0 aliphatic heterocycles. The van der Waals surface area contributed by atoms with Gasteiger partial charge in [-0.05, 0) is 30.3 Å². The lowest BCUT2D eigenvalue weighted by Gasteiger charge is -2.09. The van der Waals surface area contributed by atoms with Gasteiger partial charge >= 0.3 is 11.9 Å². The molecule has 2 aromatic carbocycles. The van der Waals surface area contributed by atoms with Crippen LogP contribution in [0.5, 0.6) is 17.2 Å². The van der Waals surface area contributed by atoms with Gasteiger partial charge in [0.15, 0.2) is 23.7 Å². The molecule has 0 fully saturated rings. The van der Waals surface area contributed by atoms with Gasteiger partial charge in [-0.3, -0.25) is 0 Å². The minimum Gasteiger partial charge on any atom is -0.504 e. The van der Waals surface area contributed by atoms with Gasteiger partial charge in [0.1, 0.15) is 5.75 Å². The van der Waals surface area contributed by atoms with E-state index in [9.17, 15) is 14.7 Å². The number of phenols is 1. The van der Waals surface area contributed by atoms with Crippen molar-refractivity contribution in [1.29, 1.82) is 0 Å². The zero-order valence-electron chi connectivity index (χ0n) is 13.2. The van der Waals surface area contributed by atoms with Crippen molar-refractivity contribution in [2.24, 2.45) is 0 Å². The van der Waals surface area contributed by atoms with Crippen molar-refractivity contribution >= 4 is 46.7 Å². The molecule has 0 aromatic heterocycles. The summed E-state index contributed by atoms with van der Waals surface area (Å²) in [6, 6.07) is 9.39. The van der Waals surface area contributed by atoms with Gasteiger partial charge in [0.05, 0.1) is 5.02 Å². The van der Waals surface area contributed by atoms with Crippen LogP contribution < -0.4 is 4.74 Å². The molecule has 0 aliphatic carbocycles. The fourth-order valence-electron chi connectivity index (χ4n) is 1.52. The second-order valence-electron chi connectivity index (χ2n) is 4.86. The molecular formula is C16H13Cl3O8. The highest BCUT2D eigenvalue weighted by Crippen LogP contribution is 2.36. The first kappa shape index (κ1) is 22.8. The smallest absolute Gasteiger partial charge is 0.335 e. The van der Waals surface area contributed by atoms with Crippen LogP contribution in [0, 0.1) is 0 Å². The largest absolute Gasteiger partial charge is 0.504 e. The molecule has 0 amide bonds. The summed E-state index contributed by atoms with van der Waals surface area (Å²) in [7, 11) is 0. The van der Waals surface area contributed by atoms with Crippen LogP contribution in [0.25, 0.3) is 0 Å². The predicted octanol–water partition coefficient (Wildman–Crippen LogP) is 3.02. The number of aliphatic hydroxyl groups is 2. The highest BCUT2D eigenvalue weighted by atomic mass is 35.5. The van der Waals surface area contributed by atoms with E-state index >= 15 is 0 Å². The minimum absolute atomic E-state index is 0.0523. The molecule has 0 spiro atoms. The van der Waals surface area contributed by atoms with Gasteiger partial charge in [-0.15, -0.1) is 0 Å². The molecule has 0 saturated heterocycles. The summed E-state index contributed by atoms with van der Waals surface area (Å²) < 4.78 is 5.45. The van der Waals surface area contributed by atoms with E-state index in [0.29, 0.717) is 20.8 Å². The highest BCUT2D eigenvalue weighted by Gasteiger charge is 2.29. The van der Waals surface area contributed by atoms with Crippen molar-refractivity contribution in [2.75, 3.05) is 0 Å². The number of aliphatic hydroxyl groups excluding tert-OH is 2. The van der Waals surface area contributed by atoms with Crippen LogP contribution in [-0.4, -0.2) is 49.7 Å². The van der Waals surface area contributed by atoms with E-state index in [1.807, 2.05) is 0 Å². The fourth-order valence-corrected chi connectivity index (χ4v) is 2.14. The number of ether oxygens (including phenoxy) is 1. The van der Waals surface area contributed by atoms with E-state index < -0.39 is 24.1 Å². The molecule has 2 aromatic rings.